The van der Waals surface area contributed by atoms with Crippen LogP contribution < -0.4 is 10.6 Å². The number of guanidine groups is 1. The van der Waals surface area contributed by atoms with Crippen molar-refractivity contribution in [3.8, 4) is 10.8 Å². The molecule has 4 aromatic heterocycles. The summed E-state index contributed by atoms with van der Waals surface area (Å²) in [4.78, 5) is 8.91. The van der Waals surface area contributed by atoms with Crippen molar-refractivity contribution in [2.24, 2.45) is 4.99 Å². The number of hydrogen-bond donors (Lipinski definition) is 2. The first-order valence-corrected chi connectivity index (χ1v) is 10.3. The number of hydrogen-bond acceptors (Lipinski definition) is 6. The van der Waals surface area contributed by atoms with E-state index in [1.807, 2.05) is 59.1 Å². The van der Waals surface area contributed by atoms with Gasteiger partial charge in [-0.15, -0.1) is 45.5 Å². The summed E-state index contributed by atoms with van der Waals surface area (Å²) in [5.74, 6) is 3.04. The van der Waals surface area contributed by atoms with Crippen LogP contribution in [0.4, 0.5) is 0 Å². The van der Waals surface area contributed by atoms with Gasteiger partial charge in [0.25, 0.3) is 0 Å². The lowest BCUT2D eigenvalue weighted by molar-refractivity contribution is 0.513. The van der Waals surface area contributed by atoms with Crippen LogP contribution in [-0.2, 0) is 13.1 Å². The number of aromatic nitrogens is 4. The van der Waals surface area contributed by atoms with Crippen molar-refractivity contribution in [2.75, 3.05) is 7.05 Å². The Kier molecular flexibility index (Phi) is 6.47. The zero-order valence-corrected chi connectivity index (χ0v) is 19.8. The molecule has 0 atom stereocenters. The second-order valence-corrected chi connectivity index (χ2v) is 7.61. The van der Waals surface area contributed by atoms with Gasteiger partial charge in [-0.05, 0) is 36.4 Å². The van der Waals surface area contributed by atoms with E-state index >= 15 is 0 Å². The molecule has 1 aromatic carbocycles. The highest BCUT2D eigenvalue weighted by molar-refractivity contribution is 14.0. The molecular weight excluding hydrogens is 525 g/mol. The topological polar surface area (TPSA) is 92.6 Å². The fraction of sp³-hybridized carbons (Fsp3) is 0.143. The van der Waals surface area contributed by atoms with Gasteiger partial charge < -0.3 is 15.1 Å². The molecule has 31 heavy (non-hydrogen) atoms. The maximum Gasteiger partial charge on any atom is 0.191 e. The Morgan fingerprint density at radius 3 is 2.74 bits per heavy atom. The van der Waals surface area contributed by atoms with Crippen molar-refractivity contribution < 1.29 is 4.42 Å². The average Bonchev–Trinajstić information content (AvgIpc) is 3.51. The first kappa shape index (κ1) is 21.2. The van der Waals surface area contributed by atoms with Gasteiger partial charge in [0, 0.05) is 13.2 Å². The molecule has 158 valence electrons. The van der Waals surface area contributed by atoms with E-state index in [1.165, 1.54) is 0 Å². The van der Waals surface area contributed by atoms with Crippen LogP contribution >= 0.6 is 35.3 Å². The van der Waals surface area contributed by atoms with Crippen LogP contribution in [0.15, 0.2) is 70.2 Å². The molecule has 0 aliphatic rings. The van der Waals surface area contributed by atoms with E-state index in [4.69, 9.17) is 4.42 Å². The molecule has 4 heterocycles. The van der Waals surface area contributed by atoms with Crippen molar-refractivity contribution in [3.05, 3.63) is 72.4 Å². The first-order chi connectivity index (χ1) is 14.8. The van der Waals surface area contributed by atoms with E-state index < -0.39 is 0 Å². The van der Waals surface area contributed by atoms with Crippen molar-refractivity contribution in [1.82, 2.24) is 30.2 Å². The lowest BCUT2D eigenvalue weighted by Gasteiger charge is -2.10. The van der Waals surface area contributed by atoms with Gasteiger partial charge in [-0.2, -0.15) is 0 Å². The van der Waals surface area contributed by atoms with Gasteiger partial charge in [-0.1, -0.05) is 18.2 Å². The number of para-hydroxylation sites is 1. The van der Waals surface area contributed by atoms with Gasteiger partial charge in [0.05, 0.1) is 23.3 Å². The summed E-state index contributed by atoms with van der Waals surface area (Å²) in [6, 6.07) is 17.8. The number of rotatable bonds is 5. The molecular formula is C21H20IN7OS. The smallest absolute Gasteiger partial charge is 0.191 e. The minimum absolute atomic E-state index is 0. The summed E-state index contributed by atoms with van der Waals surface area (Å²) >= 11 is 1.62. The maximum absolute atomic E-state index is 5.98. The molecule has 10 heteroatoms. The minimum Gasteiger partial charge on any atom is -0.457 e. The van der Waals surface area contributed by atoms with E-state index in [9.17, 15) is 0 Å². The number of thiazole rings is 1. The largest absolute Gasteiger partial charge is 0.457 e. The van der Waals surface area contributed by atoms with Crippen LogP contribution in [0.25, 0.3) is 26.6 Å². The van der Waals surface area contributed by atoms with E-state index in [1.54, 1.807) is 18.4 Å². The summed E-state index contributed by atoms with van der Waals surface area (Å²) in [6.07, 6.45) is 1.94. The molecule has 8 nitrogen and oxygen atoms in total. The number of fused-ring (bicyclic) bond motifs is 2. The standard InChI is InChI=1S/C21H19N7OS.HI/c1-22-21(24-13-19-27-26-18-8-4-5-11-28(18)19)23-12-14-9-10-16(29-14)20-25-15-6-2-3-7-17(15)30-20;/h2-11H,12-13H2,1H3,(H2,22,23,24);1H. The maximum atomic E-state index is 5.98. The summed E-state index contributed by atoms with van der Waals surface area (Å²) in [6.45, 7) is 1.01. The molecule has 2 N–H and O–H groups in total. The number of pyridine rings is 1. The highest BCUT2D eigenvalue weighted by atomic mass is 127. The fourth-order valence-corrected chi connectivity index (χ4v) is 4.06. The second kappa shape index (κ2) is 9.43. The molecule has 5 aromatic rings. The van der Waals surface area contributed by atoms with Gasteiger partial charge in [-0.25, -0.2) is 4.98 Å². The first-order valence-electron chi connectivity index (χ1n) is 9.48. The Bertz CT molecular complexity index is 1310. The quantitative estimate of drug-likeness (QED) is 0.197. The summed E-state index contributed by atoms with van der Waals surface area (Å²) in [5.41, 5.74) is 1.80. The SMILES string of the molecule is CN=C(NCc1ccc(-c2nc3ccccc3s2)o1)NCc1nnc2ccccn12.I. The van der Waals surface area contributed by atoms with Crippen LogP contribution in [0, 0.1) is 0 Å². The van der Waals surface area contributed by atoms with Crippen LogP contribution in [0.3, 0.4) is 0 Å². The van der Waals surface area contributed by atoms with Crippen LogP contribution in [-0.4, -0.2) is 32.6 Å². The monoisotopic (exact) mass is 545 g/mol. The Hall–Kier alpha value is -2.99. The van der Waals surface area contributed by atoms with Crippen molar-refractivity contribution in [1.29, 1.82) is 0 Å². The highest BCUT2D eigenvalue weighted by Crippen LogP contribution is 2.31. The van der Waals surface area contributed by atoms with Crippen LogP contribution in [0.1, 0.15) is 11.6 Å². The van der Waals surface area contributed by atoms with Gasteiger partial charge in [0.15, 0.2) is 28.2 Å². The molecule has 0 saturated carbocycles. The molecule has 5 rings (SSSR count). The Morgan fingerprint density at radius 1 is 1.03 bits per heavy atom. The zero-order valence-electron chi connectivity index (χ0n) is 16.6. The highest BCUT2D eigenvalue weighted by Gasteiger charge is 2.11. The van der Waals surface area contributed by atoms with Crippen LogP contribution in [0.5, 0.6) is 0 Å². The molecule has 0 aliphatic carbocycles. The third kappa shape index (κ3) is 4.54. The predicted molar refractivity (Wildman–Crippen MR) is 133 cm³/mol. The predicted octanol–water partition coefficient (Wildman–Crippen LogP) is 4.08. The summed E-state index contributed by atoms with van der Waals surface area (Å²) in [5, 5.41) is 15.8. The third-order valence-corrected chi connectivity index (χ3v) is 5.67. The normalized spacial score (nSPS) is 11.6. The number of benzene rings is 1. The lowest BCUT2D eigenvalue weighted by atomic mass is 10.3. The van der Waals surface area contributed by atoms with Gasteiger partial charge >= 0.3 is 0 Å². The molecule has 0 fully saturated rings. The van der Waals surface area contributed by atoms with Crippen molar-refractivity contribution >= 4 is 57.1 Å². The number of halogens is 1. The number of nitrogens with zero attached hydrogens (tertiary/aromatic N) is 5. The molecule has 0 unspecified atom stereocenters. The molecule has 0 radical (unpaired) electrons. The van der Waals surface area contributed by atoms with E-state index in [-0.39, 0.29) is 24.0 Å². The molecule has 0 bridgehead atoms. The lowest BCUT2D eigenvalue weighted by Crippen LogP contribution is -2.36. The fourth-order valence-electron chi connectivity index (χ4n) is 3.13. The second-order valence-electron chi connectivity index (χ2n) is 6.58. The average molecular weight is 545 g/mol. The van der Waals surface area contributed by atoms with Gasteiger partial charge in [-0.3, -0.25) is 9.39 Å². The van der Waals surface area contributed by atoms with E-state index in [0.29, 0.717) is 19.0 Å². The van der Waals surface area contributed by atoms with E-state index in [2.05, 4.69) is 36.9 Å². The van der Waals surface area contributed by atoms with Gasteiger partial charge in [0.1, 0.15) is 5.76 Å². The number of nitrogens with one attached hydrogen (secondary N) is 2. The number of furan rings is 1. The molecule has 0 amide bonds. The Morgan fingerprint density at radius 2 is 1.87 bits per heavy atom. The Balaban J connectivity index is 0.00000231. The molecule has 0 saturated heterocycles. The summed E-state index contributed by atoms with van der Waals surface area (Å²) < 4.78 is 9.07. The van der Waals surface area contributed by atoms with E-state index in [0.717, 1.165) is 38.2 Å². The van der Waals surface area contributed by atoms with Crippen molar-refractivity contribution in [2.45, 2.75) is 13.1 Å². The van der Waals surface area contributed by atoms with Crippen LogP contribution in [0.2, 0.25) is 0 Å². The molecule has 0 spiro atoms. The third-order valence-electron chi connectivity index (χ3n) is 4.62. The van der Waals surface area contributed by atoms with Gasteiger partial charge in [0.2, 0.25) is 0 Å². The molecule has 0 aliphatic heterocycles. The zero-order chi connectivity index (χ0) is 20.3. The number of aliphatic imine (C=N–C) groups is 1. The minimum atomic E-state index is 0. The van der Waals surface area contributed by atoms with Crippen molar-refractivity contribution in [3.63, 3.8) is 0 Å². The Labute approximate surface area is 199 Å². The summed E-state index contributed by atoms with van der Waals surface area (Å²) in [7, 11) is 1.73.